The van der Waals surface area contributed by atoms with Crippen molar-refractivity contribution >= 4 is 5.97 Å². The van der Waals surface area contributed by atoms with Gasteiger partial charge in [-0.15, -0.1) is 0 Å². The minimum Gasteiger partial charge on any atom is -0.508 e. The molecule has 3 aromatic rings. The summed E-state index contributed by atoms with van der Waals surface area (Å²) >= 11 is 0. The summed E-state index contributed by atoms with van der Waals surface area (Å²) in [7, 11) is 0. The Hall–Kier alpha value is -3.68. The SMILES string of the molecule is O=C(O)CCC=CC[C@@H]1COC(c2ccccc2Oc2ccc(F)cc2)O[C@@H]1c1ccccc1O. The summed E-state index contributed by atoms with van der Waals surface area (Å²) in [5.41, 5.74) is 1.33. The lowest BCUT2D eigenvalue weighted by Crippen LogP contribution is -2.30. The summed E-state index contributed by atoms with van der Waals surface area (Å²) in [6, 6.07) is 20.1. The van der Waals surface area contributed by atoms with Crippen LogP contribution in [0.1, 0.15) is 42.8 Å². The van der Waals surface area contributed by atoms with Gasteiger partial charge in [-0.3, -0.25) is 4.79 Å². The molecule has 3 aromatic carbocycles. The number of phenolic OH excluding ortho intramolecular Hbond substituents is 1. The summed E-state index contributed by atoms with van der Waals surface area (Å²) < 4.78 is 31.8. The van der Waals surface area contributed by atoms with Gasteiger partial charge in [0, 0.05) is 17.9 Å². The van der Waals surface area contributed by atoms with Crippen molar-refractivity contribution in [2.75, 3.05) is 6.61 Å². The van der Waals surface area contributed by atoms with Gasteiger partial charge in [0.1, 0.15) is 23.1 Å². The lowest BCUT2D eigenvalue weighted by Gasteiger charge is -2.37. The number of carboxylic acids is 1. The Labute approximate surface area is 203 Å². The summed E-state index contributed by atoms with van der Waals surface area (Å²) in [5, 5.41) is 19.3. The van der Waals surface area contributed by atoms with Gasteiger partial charge in [-0.1, -0.05) is 48.6 Å². The molecular weight excluding hydrogens is 451 g/mol. The maximum Gasteiger partial charge on any atom is 0.303 e. The van der Waals surface area contributed by atoms with E-state index >= 15 is 0 Å². The third-order valence-electron chi connectivity index (χ3n) is 5.75. The predicted octanol–water partition coefficient (Wildman–Crippen LogP) is 6.54. The van der Waals surface area contributed by atoms with Crippen molar-refractivity contribution in [3.05, 3.63) is 102 Å². The van der Waals surface area contributed by atoms with Crippen molar-refractivity contribution in [3.63, 3.8) is 0 Å². The molecule has 1 aliphatic rings. The molecule has 4 rings (SSSR count). The fraction of sp³-hybridized carbons (Fsp3) is 0.250. The van der Waals surface area contributed by atoms with Gasteiger partial charge in [0.25, 0.3) is 0 Å². The zero-order chi connectivity index (χ0) is 24.6. The summed E-state index contributed by atoms with van der Waals surface area (Å²) in [4.78, 5) is 10.7. The van der Waals surface area contributed by atoms with Crippen LogP contribution in [-0.4, -0.2) is 22.8 Å². The molecule has 0 aromatic heterocycles. The second-order valence-electron chi connectivity index (χ2n) is 8.27. The lowest BCUT2D eigenvalue weighted by molar-refractivity contribution is -0.244. The van der Waals surface area contributed by atoms with Crippen molar-refractivity contribution in [3.8, 4) is 17.2 Å². The molecule has 0 aliphatic carbocycles. The van der Waals surface area contributed by atoms with Crippen LogP contribution >= 0.6 is 0 Å². The summed E-state index contributed by atoms with van der Waals surface area (Å²) in [5.74, 6) is -0.142. The van der Waals surface area contributed by atoms with Crippen LogP contribution in [0.25, 0.3) is 0 Å². The number of rotatable bonds is 9. The molecule has 35 heavy (non-hydrogen) atoms. The van der Waals surface area contributed by atoms with Gasteiger partial charge in [0.05, 0.1) is 18.3 Å². The topological polar surface area (TPSA) is 85.2 Å². The first-order chi connectivity index (χ1) is 17.0. The molecule has 6 nitrogen and oxygen atoms in total. The fourth-order valence-electron chi connectivity index (χ4n) is 3.99. The largest absolute Gasteiger partial charge is 0.508 e. The average Bonchev–Trinajstić information content (AvgIpc) is 2.86. The van der Waals surface area contributed by atoms with Crippen LogP contribution in [0.15, 0.2) is 84.9 Å². The zero-order valence-corrected chi connectivity index (χ0v) is 19.0. The Kier molecular flexibility index (Phi) is 8.13. The second-order valence-corrected chi connectivity index (χ2v) is 8.27. The van der Waals surface area contributed by atoms with Crippen LogP contribution in [0.5, 0.6) is 17.2 Å². The van der Waals surface area contributed by atoms with Gasteiger partial charge in [-0.2, -0.15) is 0 Å². The number of hydrogen-bond donors (Lipinski definition) is 2. The van der Waals surface area contributed by atoms with E-state index < -0.39 is 18.4 Å². The van der Waals surface area contributed by atoms with Gasteiger partial charge >= 0.3 is 5.97 Å². The molecule has 182 valence electrons. The first kappa shape index (κ1) is 24.4. The molecule has 0 spiro atoms. The predicted molar refractivity (Wildman–Crippen MR) is 128 cm³/mol. The Morgan fingerprint density at radius 2 is 1.71 bits per heavy atom. The molecule has 1 heterocycles. The van der Waals surface area contributed by atoms with Gasteiger partial charge < -0.3 is 24.4 Å². The van der Waals surface area contributed by atoms with Crippen LogP contribution in [0.3, 0.4) is 0 Å². The summed E-state index contributed by atoms with van der Waals surface area (Å²) in [6.45, 7) is 0.359. The molecule has 1 unspecified atom stereocenters. The molecular formula is C28H27FO6. The molecule has 1 fully saturated rings. The van der Waals surface area contributed by atoms with Crippen LogP contribution in [0.2, 0.25) is 0 Å². The van der Waals surface area contributed by atoms with Crippen LogP contribution < -0.4 is 4.74 Å². The number of aliphatic carboxylic acids is 1. The normalized spacial score (nSPS) is 20.1. The maximum atomic E-state index is 13.3. The lowest BCUT2D eigenvalue weighted by atomic mass is 9.91. The standard InChI is InChI=1S/C28H27FO6/c29-20-14-16-21(17-15-20)34-25-12-7-5-10-23(25)28-33-18-19(8-2-1-3-13-26(31)32)27(35-28)22-9-4-6-11-24(22)30/h1-2,4-7,9-12,14-17,19,27-28,30H,3,8,13,18H2,(H,31,32)/t19-,27+,28?/m1/s1. The quantitative estimate of drug-likeness (QED) is 0.340. The van der Waals surface area contributed by atoms with Crippen molar-refractivity contribution in [2.24, 2.45) is 5.92 Å². The number of aromatic hydroxyl groups is 1. The number of ether oxygens (including phenoxy) is 3. The van der Waals surface area contributed by atoms with Gasteiger partial charge in [-0.25, -0.2) is 4.39 Å². The Morgan fingerprint density at radius 1 is 1.00 bits per heavy atom. The highest BCUT2D eigenvalue weighted by molar-refractivity contribution is 5.66. The second kappa shape index (κ2) is 11.6. The molecule has 1 aliphatic heterocycles. The molecule has 2 N–H and O–H groups in total. The van der Waals surface area contributed by atoms with Crippen LogP contribution in [-0.2, 0) is 14.3 Å². The third kappa shape index (κ3) is 6.47. The Morgan fingerprint density at radius 3 is 2.46 bits per heavy atom. The third-order valence-corrected chi connectivity index (χ3v) is 5.75. The van der Waals surface area contributed by atoms with E-state index in [9.17, 15) is 14.3 Å². The highest BCUT2D eigenvalue weighted by Crippen LogP contribution is 2.44. The van der Waals surface area contributed by atoms with Gasteiger partial charge in [-0.05, 0) is 49.2 Å². The van der Waals surface area contributed by atoms with Crippen molar-refractivity contribution < 1.29 is 33.6 Å². The Bertz CT molecular complexity index is 1160. The van der Waals surface area contributed by atoms with Gasteiger partial charge in [0.2, 0.25) is 0 Å². The van der Waals surface area contributed by atoms with Crippen LogP contribution in [0, 0.1) is 11.7 Å². The summed E-state index contributed by atoms with van der Waals surface area (Å²) in [6.07, 6.45) is 3.68. The van der Waals surface area contributed by atoms with E-state index in [2.05, 4.69) is 0 Å². The first-order valence-corrected chi connectivity index (χ1v) is 11.5. The van der Waals surface area contributed by atoms with E-state index in [4.69, 9.17) is 19.3 Å². The van der Waals surface area contributed by atoms with E-state index in [0.29, 0.717) is 42.1 Å². The van der Waals surface area contributed by atoms with E-state index in [1.165, 1.54) is 12.1 Å². The van der Waals surface area contributed by atoms with Gasteiger partial charge in [0.15, 0.2) is 6.29 Å². The number of phenols is 1. The van der Waals surface area contributed by atoms with E-state index in [-0.39, 0.29) is 23.9 Å². The molecule has 1 saturated heterocycles. The number of halogens is 1. The molecule has 0 radical (unpaired) electrons. The highest BCUT2D eigenvalue weighted by atomic mass is 19.1. The molecule has 0 bridgehead atoms. The number of hydrogen-bond acceptors (Lipinski definition) is 5. The van der Waals surface area contributed by atoms with Crippen LogP contribution in [0.4, 0.5) is 4.39 Å². The van der Waals surface area contributed by atoms with E-state index in [0.717, 1.165) is 0 Å². The van der Waals surface area contributed by atoms with E-state index in [1.807, 2.05) is 42.5 Å². The molecule has 0 saturated carbocycles. The first-order valence-electron chi connectivity index (χ1n) is 11.5. The van der Waals surface area contributed by atoms with Crippen molar-refractivity contribution in [2.45, 2.75) is 31.7 Å². The van der Waals surface area contributed by atoms with E-state index in [1.54, 1.807) is 30.3 Å². The van der Waals surface area contributed by atoms with Crippen molar-refractivity contribution in [1.82, 2.24) is 0 Å². The molecule has 0 amide bonds. The highest BCUT2D eigenvalue weighted by Gasteiger charge is 2.35. The molecule has 7 heteroatoms. The number of carbonyl (C=O) groups is 1. The van der Waals surface area contributed by atoms with Crippen molar-refractivity contribution in [1.29, 1.82) is 0 Å². The smallest absolute Gasteiger partial charge is 0.303 e. The number of allylic oxidation sites excluding steroid dienone is 2. The average molecular weight is 479 g/mol. The monoisotopic (exact) mass is 478 g/mol. The minimum atomic E-state index is -0.838. The zero-order valence-electron chi connectivity index (χ0n) is 19.0. The number of para-hydroxylation sites is 2. The Balaban J connectivity index is 1.55. The maximum absolute atomic E-state index is 13.3. The number of benzene rings is 3. The number of carboxylic acid groups (broad SMARTS) is 1. The minimum absolute atomic E-state index is 0.0734. The fourth-order valence-corrected chi connectivity index (χ4v) is 3.99. The molecule has 3 atom stereocenters.